The van der Waals surface area contributed by atoms with Gasteiger partial charge in [0.1, 0.15) is 5.75 Å². The summed E-state index contributed by atoms with van der Waals surface area (Å²) in [5, 5.41) is 5.14. The Hall–Kier alpha value is -1.85. The first-order chi connectivity index (χ1) is 12.3. The Kier molecular flexibility index (Phi) is 6.48. The maximum atomic E-state index is 12.2. The van der Waals surface area contributed by atoms with Crippen molar-refractivity contribution < 1.29 is 9.53 Å². The molecule has 3 rings (SSSR count). The summed E-state index contributed by atoms with van der Waals surface area (Å²) in [6.07, 6.45) is 3.49. The summed E-state index contributed by atoms with van der Waals surface area (Å²) in [4.78, 5) is 16.0. The van der Waals surface area contributed by atoms with Gasteiger partial charge in [-0.2, -0.15) is 0 Å². The maximum Gasteiger partial charge on any atom is 0.258 e. The molecule has 1 aliphatic rings. The van der Waals surface area contributed by atoms with Crippen LogP contribution in [0.25, 0.3) is 0 Å². The average Bonchev–Trinajstić information content (AvgIpc) is 3.35. The number of aryl methyl sites for hydroxylation is 1. The topological polar surface area (TPSA) is 41.6 Å². The molecule has 0 saturated carbocycles. The van der Waals surface area contributed by atoms with Gasteiger partial charge in [0.2, 0.25) is 0 Å². The maximum absolute atomic E-state index is 12.2. The first-order valence-corrected chi connectivity index (χ1v) is 9.90. The summed E-state index contributed by atoms with van der Waals surface area (Å²) in [5.41, 5.74) is 1.27. The second-order valence-corrected chi connectivity index (χ2v) is 7.34. The van der Waals surface area contributed by atoms with Gasteiger partial charge in [-0.1, -0.05) is 25.1 Å². The predicted molar refractivity (Wildman–Crippen MR) is 102 cm³/mol. The Bertz CT molecular complexity index is 649. The van der Waals surface area contributed by atoms with E-state index in [1.54, 1.807) is 11.3 Å². The van der Waals surface area contributed by atoms with E-state index in [1.807, 2.05) is 24.3 Å². The van der Waals surface area contributed by atoms with Gasteiger partial charge in [-0.15, -0.1) is 11.3 Å². The summed E-state index contributed by atoms with van der Waals surface area (Å²) >= 11 is 1.76. The van der Waals surface area contributed by atoms with Gasteiger partial charge in [0.15, 0.2) is 6.61 Å². The molecule has 1 N–H and O–H groups in total. The van der Waals surface area contributed by atoms with Crippen LogP contribution in [0, 0.1) is 0 Å². The molecule has 1 amide bonds. The zero-order valence-corrected chi connectivity index (χ0v) is 15.6. The molecule has 1 fully saturated rings. The zero-order chi connectivity index (χ0) is 17.5. The number of carbonyl (C=O) groups is 1. The number of ether oxygens (including phenoxy) is 1. The lowest BCUT2D eigenvalue weighted by Crippen LogP contribution is -2.38. The van der Waals surface area contributed by atoms with Crippen LogP contribution in [0.15, 0.2) is 41.8 Å². The molecule has 5 heteroatoms. The molecule has 4 nitrogen and oxygen atoms in total. The molecule has 134 valence electrons. The summed E-state index contributed by atoms with van der Waals surface area (Å²) in [7, 11) is 0. The van der Waals surface area contributed by atoms with Gasteiger partial charge in [-0.05, 0) is 61.5 Å². The van der Waals surface area contributed by atoms with E-state index < -0.39 is 0 Å². The number of thiophene rings is 1. The Labute approximate surface area is 153 Å². The third-order valence-electron chi connectivity index (χ3n) is 4.65. The smallest absolute Gasteiger partial charge is 0.258 e. The second kappa shape index (κ2) is 9.02. The lowest BCUT2D eigenvalue weighted by Gasteiger charge is -2.26. The van der Waals surface area contributed by atoms with E-state index in [1.165, 1.54) is 23.3 Å². The minimum Gasteiger partial charge on any atom is -0.484 e. The molecule has 0 spiro atoms. The Morgan fingerprint density at radius 3 is 2.64 bits per heavy atom. The number of likely N-dealkylation sites (tertiary alicyclic amines) is 1. The monoisotopic (exact) mass is 358 g/mol. The molecule has 1 aliphatic heterocycles. The number of benzene rings is 1. The average molecular weight is 359 g/mol. The number of hydrogen-bond acceptors (Lipinski definition) is 4. The third kappa shape index (κ3) is 5.06. The van der Waals surface area contributed by atoms with E-state index in [9.17, 15) is 4.79 Å². The third-order valence-corrected chi connectivity index (χ3v) is 5.62. The number of nitrogens with one attached hydrogen (secondary N) is 1. The molecular weight excluding hydrogens is 332 g/mol. The second-order valence-electron chi connectivity index (χ2n) is 6.36. The molecule has 0 aliphatic carbocycles. The highest BCUT2D eigenvalue weighted by molar-refractivity contribution is 7.10. The van der Waals surface area contributed by atoms with Crippen molar-refractivity contribution in [3.63, 3.8) is 0 Å². The van der Waals surface area contributed by atoms with Crippen molar-refractivity contribution >= 4 is 17.2 Å². The Morgan fingerprint density at radius 2 is 2.00 bits per heavy atom. The fraction of sp³-hybridized carbons (Fsp3) is 0.450. The first-order valence-electron chi connectivity index (χ1n) is 9.02. The van der Waals surface area contributed by atoms with Gasteiger partial charge in [0.25, 0.3) is 5.91 Å². The van der Waals surface area contributed by atoms with Crippen LogP contribution in [-0.2, 0) is 11.2 Å². The van der Waals surface area contributed by atoms with Crippen LogP contribution < -0.4 is 10.1 Å². The lowest BCUT2D eigenvalue weighted by atomic mass is 10.2. The number of amides is 1. The van der Waals surface area contributed by atoms with Crippen LogP contribution in [0.4, 0.5) is 0 Å². The molecule has 2 heterocycles. The van der Waals surface area contributed by atoms with E-state index >= 15 is 0 Å². The first kappa shape index (κ1) is 18.0. The molecule has 2 aromatic rings. The summed E-state index contributed by atoms with van der Waals surface area (Å²) in [6, 6.07) is 12.4. The van der Waals surface area contributed by atoms with Gasteiger partial charge in [0, 0.05) is 11.4 Å². The highest BCUT2D eigenvalue weighted by Crippen LogP contribution is 2.27. The minimum absolute atomic E-state index is 0.0582. The zero-order valence-electron chi connectivity index (χ0n) is 14.7. The number of rotatable bonds is 8. The van der Waals surface area contributed by atoms with Crippen LogP contribution in [0.1, 0.15) is 36.2 Å². The van der Waals surface area contributed by atoms with E-state index in [4.69, 9.17) is 4.74 Å². The molecule has 0 bridgehead atoms. The standard InChI is InChI=1S/C20H26N2O2S/c1-2-16-7-9-17(10-8-16)24-15-20(23)21-14-18(19-6-5-13-25-19)22-11-3-4-12-22/h5-10,13,18H,2-4,11-12,14-15H2,1H3,(H,21,23). The van der Waals surface area contributed by atoms with Crippen molar-refractivity contribution in [1.29, 1.82) is 0 Å². The highest BCUT2D eigenvalue weighted by atomic mass is 32.1. The summed E-state index contributed by atoms with van der Waals surface area (Å²) in [6.45, 7) is 5.03. The molecule has 1 saturated heterocycles. The molecule has 25 heavy (non-hydrogen) atoms. The predicted octanol–water partition coefficient (Wildman–Crippen LogP) is 3.64. The molecule has 1 aromatic heterocycles. The largest absolute Gasteiger partial charge is 0.484 e. The van der Waals surface area contributed by atoms with E-state index in [2.05, 4.69) is 34.7 Å². The number of carbonyl (C=O) groups excluding carboxylic acids is 1. The van der Waals surface area contributed by atoms with Crippen LogP contribution in [0.5, 0.6) is 5.75 Å². The van der Waals surface area contributed by atoms with Crippen molar-refractivity contribution in [2.45, 2.75) is 32.2 Å². The fourth-order valence-electron chi connectivity index (χ4n) is 3.18. The van der Waals surface area contributed by atoms with Crippen molar-refractivity contribution in [2.24, 2.45) is 0 Å². The van der Waals surface area contributed by atoms with Crippen LogP contribution in [0.2, 0.25) is 0 Å². The van der Waals surface area contributed by atoms with E-state index in [0.29, 0.717) is 6.54 Å². The summed E-state index contributed by atoms with van der Waals surface area (Å²) < 4.78 is 5.59. The Balaban J connectivity index is 1.49. The SMILES string of the molecule is CCc1ccc(OCC(=O)NCC(c2cccs2)N2CCCC2)cc1. The van der Waals surface area contributed by atoms with Gasteiger partial charge in [-0.25, -0.2) is 0 Å². The normalized spacial score (nSPS) is 15.9. The molecule has 1 unspecified atom stereocenters. The van der Waals surface area contributed by atoms with Crippen molar-refractivity contribution in [3.05, 3.63) is 52.2 Å². The van der Waals surface area contributed by atoms with E-state index in [0.717, 1.165) is 25.3 Å². The van der Waals surface area contributed by atoms with Crippen molar-refractivity contribution in [2.75, 3.05) is 26.2 Å². The summed E-state index contributed by atoms with van der Waals surface area (Å²) in [5.74, 6) is 0.669. The quantitative estimate of drug-likeness (QED) is 0.783. The van der Waals surface area contributed by atoms with Crippen molar-refractivity contribution in [1.82, 2.24) is 10.2 Å². The van der Waals surface area contributed by atoms with Gasteiger partial charge in [-0.3, -0.25) is 9.69 Å². The van der Waals surface area contributed by atoms with Gasteiger partial charge in [0.05, 0.1) is 6.04 Å². The minimum atomic E-state index is -0.0691. The molecule has 0 radical (unpaired) electrons. The van der Waals surface area contributed by atoms with Gasteiger partial charge < -0.3 is 10.1 Å². The molecular formula is C20H26N2O2S. The van der Waals surface area contributed by atoms with Gasteiger partial charge >= 0.3 is 0 Å². The van der Waals surface area contributed by atoms with Crippen LogP contribution in [-0.4, -0.2) is 37.0 Å². The molecule has 1 atom stereocenters. The van der Waals surface area contributed by atoms with Crippen molar-refractivity contribution in [3.8, 4) is 5.75 Å². The molecule has 1 aromatic carbocycles. The number of nitrogens with zero attached hydrogens (tertiary/aromatic N) is 1. The van der Waals surface area contributed by atoms with E-state index in [-0.39, 0.29) is 18.6 Å². The number of hydrogen-bond donors (Lipinski definition) is 1. The Morgan fingerprint density at radius 1 is 1.24 bits per heavy atom. The van der Waals surface area contributed by atoms with Crippen LogP contribution >= 0.6 is 11.3 Å². The lowest BCUT2D eigenvalue weighted by molar-refractivity contribution is -0.123. The van der Waals surface area contributed by atoms with Crippen LogP contribution in [0.3, 0.4) is 0 Å². The fourth-order valence-corrected chi connectivity index (χ4v) is 4.04. The highest BCUT2D eigenvalue weighted by Gasteiger charge is 2.24.